The molecule has 0 spiro atoms. The van der Waals surface area contributed by atoms with Gasteiger partial charge in [-0.15, -0.1) is 0 Å². The van der Waals surface area contributed by atoms with E-state index in [1.165, 1.54) is 18.5 Å². The molecule has 1 amide bonds. The van der Waals surface area contributed by atoms with Crippen LogP contribution in [0.4, 0.5) is 4.39 Å². The lowest BCUT2D eigenvalue weighted by Crippen LogP contribution is -2.47. The molecule has 3 rings (SSSR count). The average molecular weight is 332 g/mol. The molecule has 1 aliphatic rings. The number of hydrogen-bond acceptors (Lipinski definition) is 4. The van der Waals surface area contributed by atoms with Gasteiger partial charge in [0.25, 0.3) is 0 Å². The Labute approximate surface area is 139 Å². The SMILES string of the molecule is O=C(CCn1cncn1)N1CCC(O)(Cc2cccc(F)c2)CC1. The van der Waals surface area contributed by atoms with Crippen LogP contribution in [0.2, 0.25) is 0 Å². The normalized spacial score (nSPS) is 17.0. The molecule has 1 fully saturated rings. The van der Waals surface area contributed by atoms with Crippen LogP contribution in [0, 0.1) is 5.82 Å². The third-order valence-corrected chi connectivity index (χ3v) is 4.49. The lowest BCUT2D eigenvalue weighted by Gasteiger charge is -2.38. The fourth-order valence-corrected chi connectivity index (χ4v) is 3.09. The van der Waals surface area contributed by atoms with Gasteiger partial charge in [0.1, 0.15) is 18.5 Å². The van der Waals surface area contributed by atoms with E-state index in [0.29, 0.717) is 45.3 Å². The second-order valence-electron chi connectivity index (χ2n) is 6.32. The van der Waals surface area contributed by atoms with Crippen molar-refractivity contribution in [2.24, 2.45) is 0 Å². The molecule has 2 heterocycles. The lowest BCUT2D eigenvalue weighted by atomic mass is 9.85. The van der Waals surface area contributed by atoms with E-state index in [4.69, 9.17) is 0 Å². The number of aliphatic hydroxyl groups is 1. The highest BCUT2D eigenvalue weighted by atomic mass is 19.1. The topological polar surface area (TPSA) is 71.2 Å². The van der Waals surface area contributed by atoms with E-state index in [1.54, 1.807) is 22.0 Å². The fourth-order valence-electron chi connectivity index (χ4n) is 3.09. The largest absolute Gasteiger partial charge is 0.389 e. The van der Waals surface area contributed by atoms with Gasteiger partial charge >= 0.3 is 0 Å². The number of amides is 1. The van der Waals surface area contributed by atoms with Gasteiger partial charge in [0.2, 0.25) is 5.91 Å². The molecule has 0 aliphatic carbocycles. The van der Waals surface area contributed by atoms with Crippen LogP contribution < -0.4 is 0 Å². The molecule has 1 aliphatic heterocycles. The van der Waals surface area contributed by atoms with Gasteiger partial charge in [-0.25, -0.2) is 9.37 Å². The molecule has 1 saturated heterocycles. The Hall–Kier alpha value is -2.28. The number of piperidine rings is 1. The molecule has 6 nitrogen and oxygen atoms in total. The van der Waals surface area contributed by atoms with Crippen molar-refractivity contribution in [1.82, 2.24) is 19.7 Å². The van der Waals surface area contributed by atoms with Crippen molar-refractivity contribution in [3.05, 3.63) is 48.3 Å². The summed E-state index contributed by atoms with van der Waals surface area (Å²) in [6.07, 6.45) is 4.80. The van der Waals surface area contributed by atoms with Gasteiger partial charge in [0.05, 0.1) is 12.1 Å². The van der Waals surface area contributed by atoms with Crippen LogP contribution in [-0.2, 0) is 17.8 Å². The van der Waals surface area contributed by atoms with Gasteiger partial charge < -0.3 is 10.0 Å². The summed E-state index contributed by atoms with van der Waals surface area (Å²) in [6, 6.07) is 6.31. The van der Waals surface area contributed by atoms with Crippen LogP contribution in [0.15, 0.2) is 36.9 Å². The highest BCUT2D eigenvalue weighted by Gasteiger charge is 2.33. The third-order valence-electron chi connectivity index (χ3n) is 4.49. The van der Waals surface area contributed by atoms with Crippen LogP contribution in [-0.4, -0.2) is 49.4 Å². The zero-order valence-electron chi connectivity index (χ0n) is 13.4. The minimum absolute atomic E-state index is 0.0540. The zero-order chi connectivity index (χ0) is 17.0. The fraction of sp³-hybridized carbons (Fsp3) is 0.471. The maximum atomic E-state index is 13.3. The molecule has 0 bridgehead atoms. The van der Waals surface area contributed by atoms with E-state index in [2.05, 4.69) is 10.1 Å². The molecular formula is C17H21FN4O2. The first-order valence-corrected chi connectivity index (χ1v) is 8.11. The molecule has 0 unspecified atom stereocenters. The summed E-state index contributed by atoms with van der Waals surface area (Å²) in [5.74, 6) is -0.241. The summed E-state index contributed by atoms with van der Waals surface area (Å²) < 4.78 is 14.9. The summed E-state index contributed by atoms with van der Waals surface area (Å²) in [5, 5.41) is 14.7. The minimum Gasteiger partial charge on any atom is -0.389 e. The van der Waals surface area contributed by atoms with Crippen molar-refractivity contribution in [2.45, 2.75) is 37.8 Å². The second kappa shape index (κ2) is 7.09. The molecular weight excluding hydrogens is 311 g/mol. The minimum atomic E-state index is -0.878. The Morgan fingerprint density at radius 3 is 2.79 bits per heavy atom. The van der Waals surface area contributed by atoms with Gasteiger partial charge in [-0.3, -0.25) is 9.48 Å². The average Bonchev–Trinajstić information content (AvgIpc) is 3.06. The van der Waals surface area contributed by atoms with Crippen LogP contribution in [0.5, 0.6) is 0 Å². The predicted molar refractivity (Wildman–Crippen MR) is 85.5 cm³/mol. The van der Waals surface area contributed by atoms with Gasteiger partial charge in [-0.2, -0.15) is 5.10 Å². The Morgan fingerprint density at radius 2 is 2.12 bits per heavy atom. The summed E-state index contributed by atoms with van der Waals surface area (Å²) in [7, 11) is 0. The van der Waals surface area contributed by atoms with Crippen LogP contribution in [0.25, 0.3) is 0 Å². The molecule has 0 saturated carbocycles. The molecule has 1 aromatic heterocycles. The van der Waals surface area contributed by atoms with Crippen molar-refractivity contribution in [2.75, 3.05) is 13.1 Å². The first kappa shape index (κ1) is 16.6. The maximum absolute atomic E-state index is 13.3. The molecule has 24 heavy (non-hydrogen) atoms. The van der Waals surface area contributed by atoms with Crippen LogP contribution >= 0.6 is 0 Å². The number of nitrogens with zero attached hydrogens (tertiary/aromatic N) is 4. The van der Waals surface area contributed by atoms with E-state index >= 15 is 0 Å². The van der Waals surface area contributed by atoms with Crippen molar-refractivity contribution in [3.8, 4) is 0 Å². The smallest absolute Gasteiger partial charge is 0.224 e. The number of rotatable bonds is 5. The monoisotopic (exact) mass is 332 g/mol. The number of benzene rings is 1. The van der Waals surface area contributed by atoms with Crippen molar-refractivity contribution in [1.29, 1.82) is 0 Å². The van der Waals surface area contributed by atoms with Crippen molar-refractivity contribution < 1.29 is 14.3 Å². The van der Waals surface area contributed by atoms with E-state index in [0.717, 1.165) is 5.56 Å². The molecule has 0 radical (unpaired) electrons. The lowest BCUT2D eigenvalue weighted by molar-refractivity contribution is -0.135. The highest BCUT2D eigenvalue weighted by Crippen LogP contribution is 2.27. The number of aryl methyl sites for hydroxylation is 1. The van der Waals surface area contributed by atoms with Gasteiger partial charge in [0, 0.05) is 25.9 Å². The van der Waals surface area contributed by atoms with Crippen molar-refractivity contribution in [3.63, 3.8) is 0 Å². The van der Waals surface area contributed by atoms with Crippen molar-refractivity contribution >= 4 is 5.91 Å². The Bertz CT molecular complexity index is 682. The standard InChI is InChI=1S/C17H21FN4O2/c18-15-3-1-2-14(10-15)11-17(24)5-8-21(9-6-17)16(23)4-7-22-13-19-12-20-22/h1-3,10,12-13,24H,4-9,11H2. The summed E-state index contributed by atoms with van der Waals surface area (Å²) >= 11 is 0. The molecule has 1 aromatic carbocycles. The molecule has 128 valence electrons. The van der Waals surface area contributed by atoms with Gasteiger partial charge in [-0.05, 0) is 30.5 Å². The molecule has 0 atom stereocenters. The highest BCUT2D eigenvalue weighted by molar-refractivity contribution is 5.76. The number of likely N-dealkylation sites (tertiary alicyclic amines) is 1. The Balaban J connectivity index is 1.50. The van der Waals surface area contributed by atoms with Crippen LogP contribution in [0.3, 0.4) is 0 Å². The quantitative estimate of drug-likeness (QED) is 0.898. The Morgan fingerprint density at radius 1 is 1.33 bits per heavy atom. The first-order valence-electron chi connectivity index (χ1n) is 8.11. The summed E-state index contributed by atoms with van der Waals surface area (Å²) in [4.78, 5) is 17.9. The number of hydrogen-bond donors (Lipinski definition) is 1. The summed E-state index contributed by atoms with van der Waals surface area (Å²) in [5.41, 5.74) is -0.0975. The zero-order valence-corrected chi connectivity index (χ0v) is 13.4. The summed E-state index contributed by atoms with van der Waals surface area (Å²) in [6.45, 7) is 1.53. The van der Waals surface area contributed by atoms with E-state index in [9.17, 15) is 14.3 Å². The number of aromatic nitrogens is 3. The van der Waals surface area contributed by atoms with E-state index in [1.807, 2.05) is 6.07 Å². The third kappa shape index (κ3) is 4.17. The molecule has 7 heteroatoms. The molecule has 1 N–H and O–H groups in total. The van der Waals surface area contributed by atoms with Crippen LogP contribution in [0.1, 0.15) is 24.8 Å². The molecule has 2 aromatic rings. The first-order chi connectivity index (χ1) is 11.5. The Kier molecular flexibility index (Phi) is 4.89. The van der Waals surface area contributed by atoms with Gasteiger partial charge in [-0.1, -0.05) is 12.1 Å². The number of halogens is 1. The van der Waals surface area contributed by atoms with E-state index < -0.39 is 5.60 Å². The van der Waals surface area contributed by atoms with Gasteiger partial charge in [0.15, 0.2) is 0 Å². The maximum Gasteiger partial charge on any atom is 0.224 e. The number of carbonyl (C=O) groups is 1. The number of carbonyl (C=O) groups excluding carboxylic acids is 1. The second-order valence-corrected chi connectivity index (χ2v) is 6.32. The van der Waals surface area contributed by atoms with E-state index in [-0.39, 0.29) is 11.7 Å². The predicted octanol–water partition coefficient (Wildman–Crippen LogP) is 1.40.